The van der Waals surface area contributed by atoms with Crippen LogP contribution in [-0.4, -0.2) is 21.7 Å². The SMILES string of the molecule is Cn1[nH]c(-c2ccccc2)c(C(=O)C[P+](c2ccccc2)(c2ccccc2)c2ccccc2)c1=O. The van der Waals surface area contributed by atoms with Crippen LogP contribution in [-0.2, 0) is 7.05 Å². The van der Waals surface area contributed by atoms with E-state index in [2.05, 4.69) is 41.5 Å². The summed E-state index contributed by atoms with van der Waals surface area (Å²) in [5.41, 5.74) is 1.29. The molecule has 4 aromatic carbocycles. The predicted molar refractivity (Wildman–Crippen MR) is 146 cm³/mol. The second-order valence-corrected chi connectivity index (χ2v) is 12.0. The molecule has 0 unspecified atom stereocenters. The number of rotatable bonds is 7. The molecule has 0 amide bonds. The Balaban J connectivity index is 1.74. The topological polar surface area (TPSA) is 54.9 Å². The number of H-pyrrole nitrogens is 1. The van der Waals surface area contributed by atoms with Crippen molar-refractivity contribution < 1.29 is 4.79 Å². The summed E-state index contributed by atoms with van der Waals surface area (Å²) in [7, 11) is -0.756. The molecule has 5 heteroatoms. The van der Waals surface area contributed by atoms with Crippen LogP contribution < -0.4 is 21.5 Å². The molecule has 172 valence electrons. The summed E-state index contributed by atoms with van der Waals surface area (Å²) in [6.45, 7) is 0. The van der Waals surface area contributed by atoms with Crippen molar-refractivity contribution >= 4 is 29.0 Å². The summed E-state index contributed by atoms with van der Waals surface area (Å²) in [6.07, 6.45) is 0.220. The molecule has 0 atom stereocenters. The molecule has 1 N–H and O–H groups in total. The van der Waals surface area contributed by atoms with Crippen LogP contribution in [0.15, 0.2) is 126 Å². The monoisotopic (exact) mass is 477 g/mol. The molecule has 4 nitrogen and oxygen atoms in total. The molecule has 0 aliphatic rings. The maximum Gasteiger partial charge on any atom is 0.277 e. The molecule has 0 saturated carbocycles. The number of hydrogen-bond acceptors (Lipinski definition) is 2. The quantitative estimate of drug-likeness (QED) is 0.276. The standard InChI is InChI=1S/C30H25N2O2P/c1-32-30(34)28(29(31-32)23-14-6-2-7-15-23)27(33)22-35(24-16-8-3-9-17-24,25-18-10-4-11-19-25)26-20-12-5-13-21-26/h2-21H,22H2,1H3/p+1. The van der Waals surface area contributed by atoms with E-state index in [0.717, 1.165) is 21.5 Å². The van der Waals surface area contributed by atoms with Gasteiger partial charge in [0.05, 0.1) is 5.69 Å². The number of hydrogen-bond donors (Lipinski definition) is 1. The first-order valence-electron chi connectivity index (χ1n) is 11.5. The Hall–Kier alpha value is -4.01. The fourth-order valence-electron chi connectivity index (χ4n) is 4.68. The Morgan fingerprint density at radius 3 is 1.51 bits per heavy atom. The van der Waals surface area contributed by atoms with Gasteiger partial charge in [-0.3, -0.25) is 19.4 Å². The van der Waals surface area contributed by atoms with Crippen molar-refractivity contribution in [3.05, 3.63) is 137 Å². The highest BCUT2D eigenvalue weighted by Crippen LogP contribution is 2.55. The van der Waals surface area contributed by atoms with Gasteiger partial charge in [-0.2, -0.15) is 0 Å². The lowest BCUT2D eigenvalue weighted by Crippen LogP contribution is -2.36. The number of aromatic amines is 1. The van der Waals surface area contributed by atoms with Gasteiger partial charge in [0.15, 0.2) is 0 Å². The largest absolute Gasteiger partial charge is 0.294 e. The van der Waals surface area contributed by atoms with E-state index in [1.54, 1.807) is 7.05 Å². The van der Waals surface area contributed by atoms with Gasteiger partial charge in [-0.05, 0) is 36.4 Å². The van der Waals surface area contributed by atoms with Gasteiger partial charge in [0.2, 0.25) is 5.78 Å². The molecule has 0 bridgehead atoms. The first kappa shape index (κ1) is 22.8. The number of nitrogens with zero attached hydrogens (tertiary/aromatic N) is 1. The maximum atomic E-state index is 14.2. The van der Waals surface area contributed by atoms with Crippen LogP contribution in [0.5, 0.6) is 0 Å². The lowest BCUT2D eigenvalue weighted by atomic mass is 10.1. The molecule has 0 aliphatic heterocycles. The number of aryl methyl sites for hydroxylation is 1. The second kappa shape index (κ2) is 9.69. The average molecular weight is 478 g/mol. The van der Waals surface area contributed by atoms with Crippen LogP contribution in [0.3, 0.4) is 0 Å². The summed E-state index contributed by atoms with van der Waals surface area (Å²) in [5.74, 6) is -0.157. The minimum Gasteiger partial charge on any atom is -0.294 e. The zero-order chi connectivity index (χ0) is 24.3. The average Bonchev–Trinajstić information content (AvgIpc) is 3.23. The Bertz CT molecular complexity index is 1400. The highest BCUT2D eigenvalue weighted by molar-refractivity contribution is 7.96. The van der Waals surface area contributed by atoms with E-state index in [-0.39, 0.29) is 23.1 Å². The molecule has 0 aliphatic carbocycles. The third kappa shape index (κ3) is 4.18. The van der Waals surface area contributed by atoms with E-state index in [1.807, 2.05) is 84.9 Å². The van der Waals surface area contributed by atoms with E-state index < -0.39 is 7.26 Å². The number of carbonyl (C=O) groups is 1. The van der Waals surface area contributed by atoms with Crippen LogP contribution in [0, 0.1) is 0 Å². The number of benzene rings is 4. The molecule has 0 radical (unpaired) electrons. The summed E-state index contributed by atoms with van der Waals surface area (Å²) in [5, 5.41) is 6.44. The van der Waals surface area contributed by atoms with Crippen LogP contribution in [0.4, 0.5) is 0 Å². The van der Waals surface area contributed by atoms with Gasteiger partial charge in [-0.25, -0.2) is 0 Å². The highest BCUT2D eigenvalue weighted by atomic mass is 31.2. The van der Waals surface area contributed by atoms with Crippen molar-refractivity contribution in [2.45, 2.75) is 0 Å². The molecule has 35 heavy (non-hydrogen) atoms. The van der Waals surface area contributed by atoms with Crippen LogP contribution in [0.1, 0.15) is 10.4 Å². The number of aromatic nitrogens is 2. The van der Waals surface area contributed by atoms with Crippen molar-refractivity contribution in [3.8, 4) is 11.3 Å². The van der Waals surface area contributed by atoms with Crippen molar-refractivity contribution in [2.24, 2.45) is 7.05 Å². The molecular weight excluding hydrogens is 451 g/mol. The summed E-state index contributed by atoms with van der Waals surface area (Å²) >= 11 is 0. The third-order valence-corrected chi connectivity index (χ3v) is 10.7. The molecule has 1 aromatic heterocycles. The van der Waals surface area contributed by atoms with Crippen molar-refractivity contribution in [3.63, 3.8) is 0 Å². The number of ketones is 1. The summed E-state index contributed by atoms with van der Waals surface area (Å²) in [6, 6.07) is 40.3. The fourth-order valence-corrected chi connectivity index (χ4v) is 8.76. The molecule has 0 saturated heterocycles. The van der Waals surface area contributed by atoms with Gasteiger partial charge in [-0.15, -0.1) is 0 Å². The Labute approximate surface area is 205 Å². The van der Waals surface area contributed by atoms with Gasteiger partial charge in [0.1, 0.15) is 34.9 Å². The van der Waals surface area contributed by atoms with E-state index in [4.69, 9.17) is 0 Å². The van der Waals surface area contributed by atoms with Crippen molar-refractivity contribution in [2.75, 3.05) is 6.16 Å². The van der Waals surface area contributed by atoms with Crippen LogP contribution in [0.2, 0.25) is 0 Å². The smallest absolute Gasteiger partial charge is 0.277 e. The molecule has 5 rings (SSSR count). The Morgan fingerprint density at radius 1 is 0.686 bits per heavy atom. The van der Waals surface area contributed by atoms with E-state index >= 15 is 0 Å². The van der Waals surface area contributed by atoms with Crippen LogP contribution in [0.25, 0.3) is 11.3 Å². The molecule has 1 heterocycles. The highest BCUT2D eigenvalue weighted by Gasteiger charge is 2.48. The molecule has 5 aromatic rings. The van der Waals surface area contributed by atoms with E-state index in [9.17, 15) is 9.59 Å². The minimum atomic E-state index is -2.41. The van der Waals surface area contributed by atoms with Gasteiger partial charge < -0.3 is 0 Å². The van der Waals surface area contributed by atoms with Crippen molar-refractivity contribution in [1.82, 2.24) is 9.78 Å². The lowest BCUT2D eigenvalue weighted by Gasteiger charge is -2.27. The van der Waals surface area contributed by atoms with Gasteiger partial charge >= 0.3 is 0 Å². The van der Waals surface area contributed by atoms with Gasteiger partial charge in [-0.1, -0.05) is 84.9 Å². The van der Waals surface area contributed by atoms with Crippen LogP contribution >= 0.6 is 7.26 Å². The first-order chi connectivity index (χ1) is 17.1. The molecule has 0 spiro atoms. The number of Topliss-reactive ketones (excluding diaryl/α,β-unsaturated/α-hetero) is 1. The van der Waals surface area contributed by atoms with Gasteiger partial charge in [0, 0.05) is 12.6 Å². The predicted octanol–water partition coefficient (Wildman–Crippen LogP) is 4.56. The normalized spacial score (nSPS) is 11.3. The Kier molecular flexibility index (Phi) is 6.31. The first-order valence-corrected chi connectivity index (χ1v) is 13.5. The molecular formula is C30H26N2O2P+. The third-order valence-electron chi connectivity index (χ3n) is 6.36. The maximum absolute atomic E-state index is 14.2. The number of carbonyl (C=O) groups excluding carboxylic acids is 1. The van der Waals surface area contributed by atoms with Gasteiger partial charge in [0.25, 0.3) is 5.56 Å². The molecule has 0 fully saturated rings. The van der Waals surface area contributed by atoms with Crippen molar-refractivity contribution in [1.29, 1.82) is 0 Å². The summed E-state index contributed by atoms with van der Waals surface area (Å²) in [4.78, 5) is 27.4. The minimum absolute atomic E-state index is 0.157. The zero-order valence-electron chi connectivity index (χ0n) is 19.5. The Morgan fingerprint density at radius 2 is 1.09 bits per heavy atom. The van der Waals surface area contributed by atoms with E-state index in [1.165, 1.54) is 4.68 Å². The van der Waals surface area contributed by atoms with E-state index in [0.29, 0.717) is 5.69 Å². The second-order valence-electron chi connectivity index (χ2n) is 8.49. The number of nitrogens with one attached hydrogen (secondary N) is 1. The summed E-state index contributed by atoms with van der Waals surface area (Å²) < 4.78 is 1.39. The lowest BCUT2D eigenvalue weighted by molar-refractivity contribution is 0.102. The zero-order valence-corrected chi connectivity index (χ0v) is 20.4. The fraction of sp³-hybridized carbons (Fsp3) is 0.0667.